The number of sulfonamides is 1. The fourth-order valence-corrected chi connectivity index (χ4v) is 6.72. The minimum atomic E-state index is -4.42. The second kappa shape index (κ2) is 14.9. The van der Waals surface area contributed by atoms with Crippen LogP contribution in [0.25, 0.3) is 0 Å². The van der Waals surface area contributed by atoms with Gasteiger partial charge in [-0.25, -0.2) is 12.8 Å². The first-order chi connectivity index (χ1) is 22.5. The largest absolute Gasteiger partial charge is 0.486 e. The number of nitrogens with one attached hydrogen (secondary N) is 1. The summed E-state index contributed by atoms with van der Waals surface area (Å²) >= 11 is 6.13. The number of ether oxygens (including phenoxy) is 2. The molecule has 47 heavy (non-hydrogen) atoms. The zero-order valence-electron chi connectivity index (χ0n) is 25.9. The fraction of sp³-hybridized carbons (Fsp3) is 0.257. The van der Waals surface area contributed by atoms with E-state index < -0.39 is 40.2 Å². The summed E-state index contributed by atoms with van der Waals surface area (Å²) < 4.78 is 54.6. The minimum absolute atomic E-state index is 0.0135. The van der Waals surface area contributed by atoms with Crippen LogP contribution in [0.5, 0.6) is 11.5 Å². The molecule has 0 aromatic heterocycles. The molecule has 0 spiro atoms. The van der Waals surface area contributed by atoms with Crippen LogP contribution in [-0.2, 0) is 32.6 Å². The van der Waals surface area contributed by atoms with Crippen LogP contribution in [0.1, 0.15) is 25.0 Å². The van der Waals surface area contributed by atoms with E-state index in [0.29, 0.717) is 22.9 Å². The average Bonchev–Trinajstić information content (AvgIpc) is 3.06. The summed E-state index contributed by atoms with van der Waals surface area (Å²) in [6.45, 7) is 3.51. The van der Waals surface area contributed by atoms with Crippen molar-refractivity contribution in [1.82, 2.24) is 10.2 Å². The summed E-state index contributed by atoms with van der Waals surface area (Å²) in [5.41, 5.74) is 1.55. The molecule has 9 nitrogen and oxygen atoms in total. The van der Waals surface area contributed by atoms with E-state index in [1.54, 1.807) is 24.3 Å². The maximum atomic E-state index is 14.5. The monoisotopic (exact) mass is 679 g/mol. The number of amides is 2. The molecule has 0 bridgehead atoms. The highest BCUT2D eigenvalue weighted by molar-refractivity contribution is 7.92. The van der Waals surface area contributed by atoms with Crippen molar-refractivity contribution >= 4 is 39.1 Å². The van der Waals surface area contributed by atoms with Crippen molar-refractivity contribution in [3.63, 3.8) is 0 Å². The smallest absolute Gasteiger partial charge is 0.264 e. The standard InChI is InChI=1S/C35H35ClFN3O6S/c1-24(2)38-35(42)31(20-25-6-4-3-5-7-25)39(22-26-8-10-27(36)11-9-26)34(41)23-40(29-14-12-28(37)13-15-29)47(43,44)30-16-17-32-33(21-30)46-19-18-45-32/h3-17,21,24,31H,18-20,22-23H2,1-2H3,(H,38,42). The van der Waals surface area contributed by atoms with Crippen molar-refractivity contribution in [2.24, 2.45) is 0 Å². The molecule has 1 aliphatic rings. The lowest BCUT2D eigenvalue weighted by Crippen LogP contribution is -2.54. The molecule has 1 heterocycles. The Hall–Kier alpha value is -4.61. The van der Waals surface area contributed by atoms with Crippen molar-refractivity contribution in [3.8, 4) is 11.5 Å². The predicted molar refractivity (Wildman–Crippen MR) is 178 cm³/mol. The van der Waals surface area contributed by atoms with E-state index in [9.17, 15) is 22.4 Å². The highest BCUT2D eigenvalue weighted by atomic mass is 35.5. The second-order valence-corrected chi connectivity index (χ2v) is 13.6. The summed E-state index contributed by atoms with van der Waals surface area (Å²) in [6.07, 6.45) is 0.171. The molecule has 12 heteroatoms. The quantitative estimate of drug-likeness (QED) is 0.209. The maximum absolute atomic E-state index is 14.5. The van der Waals surface area contributed by atoms with Gasteiger partial charge in [-0.1, -0.05) is 54.1 Å². The van der Waals surface area contributed by atoms with Crippen molar-refractivity contribution in [2.45, 2.75) is 43.8 Å². The van der Waals surface area contributed by atoms with Crippen LogP contribution >= 0.6 is 11.6 Å². The number of benzene rings is 4. The van der Waals surface area contributed by atoms with E-state index in [-0.39, 0.29) is 41.9 Å². The van der Waals surface area contributed by atoms with Crippen molar-refractivity contribution in [2.75, 3.05) is 24.1 Å². The van der Waals surface area contributed by atoms with Gasteiger partial charge < -0.3 is 19.7 Å². The molecule has 1 N–H and O–H groups in total. The zero-order valence-corrected chi connectivity index (χ0v) is 27.5. The number of fused-ring (bicyclic) bond motifs is 1. The van der Waals surface area contributed by atoms with Gasteiger partial charge in [0.25, 0.3) is 10.0 Å². The number of anilines is 1. The Kier molecular flexibility index (Phi) is 10.7. The van der Waals surface area contributed by atoms with E-state index >= 15 is 0 Å². The highest BCUT2D eigenvalue weighted by Crippen LogP contribution is 2.34. The van der Waals surface area contributed by atoms with Gasteiger partial charge in [-0.2, -0.15) is 0 Å². The summed E-state index contributed by atoms with van der Waals surface area (Å²) in [6, 6.07) is 23.9. The number of hydrogen-bond acceptors (Lipinski definition) is 6. The summed E-state index contributed by atoms with van der Waals surface area (Å²) in [7, 11) is -4.42. The Morgan fingerprint density at radius 3 is 2.19 bits per heavy atom. The molecule has 0 radical (unpaired) electrons. The third-order valence-corrected chi connectivity index (χ3v) is 9.49. The Morgan fingerprint density at radius 1 is 0.872 bits per heavy atom. The van der Waals surface area contributed by atoms with Gasteiger partial charge in [0.1, 0.15) is 31.6 Å². The minimum Gasteiger partial charge on any atom is -0.486 e. The average molecular weight is 680 g/mol. The first-order valence-electron chi connectivity index (χ1n) is 15.1. The molecule has 0 saturated heterocycles. The van der Waals surface area contributed by atoms with E-state index in [4.69, 9.17) is 21.1 Å². The molecule has 246 valence electrons. The van der Waals surface area contributed by atoms with Gasteiger partial charge in [-0.3, -0.25) is 13.9 Å². The highest BCUT2D eigenvalue weighted by Gasteiger charge is 2.35. The molecule has 5 rings (SSSR count). The van der Waals surface area contributed by atoms with E-state index in [1.807, 2.05) is 44.2 Å². The van der Waals surface area contributed by atoms with Gasteiger partial charge in [0.2, 0.25) is 11.8 Å². The Morgan fingerprint density at radius 2 is 1.53 bits per heavy atom. The zero-order chi connectivity index (χ0) is 33.6. The summed E-state index contributed by atoms with van der Waals surface area (Å²) in [5.74, 6) is -0.970. The molecule has 1 atom stereocenters. The molecule has 0 aliphatic carbocycles. The lowest BCUT2D eigenvalue weighted by atomic mass is 10.0. The summed E-state index contributed by atoms with van der Waals surface area (Å²) in [5, 5.41) is 3.41. The Balaban J connectivity index is 1.57. The molecule has 4 aromatic carbocycles. The third-order valence-electron chi connectivity index (χ3n) is 7.46. The fourth-order valence-electron chi connectivity index (χ4n) is 5.17. The SMILES string of the molecule is CC(C)NC(=O)C(Cc1ccccc1)N(Cc1ccc(Cl)cc1)C(=O)CN(c1ccc(F)cc1)S(=O)(=O)c1ccc2c(c1)OCCO2. The number of nitrogens with zero attached hydrogens (tertiary/aromatic N) is 2. The molecular weight excluding hydrogens is 645 g/mol. The van der Waals surface area contributed by atoms with Crippen LogP contribution in [0.15, 0.2) is 102 Å². The number of rotatable bonds is 12. The molecule has 1 aliphatic heterocycles. The number of halogens is 2. The normalized spacial score (nSPS) is 13.1. The third kappa shape index (κ3) is 8.41. The van der Waals surface area contributed by atoms with Gasteiger partial charge in [-0.15, -0.1) is 0 Å². The van der Waals surface area contributed by atoms with Crippen LogP contribution in [-0.4, -0.2) is 57.0 Å². The molecular formula is C35H35ClFN3O6S. The van der Waals surface area contributed by atoms with Crippen LogP contribution in [0.3, 0.4) is 0 Å². The van der Waals surface area contributed by atoms with Crippen molar-refractivity contribution < 1.29 is 31.9 Å². The van der Waals surface area contributed by atoms with Gasteiger partial charge in [0, 0.05) is 30.1 Å². The number of carbonyl (C=O) groups is 2. The van der Waals surface area contributed by atoms with Crippen LogP contribution in [0, 0.1) is 5.82 Å². The lowest BCUT2D eigenvalue weighted by Gasteiger charge is -2.34. The molecule has 0 fully saturated rings. The first kappa shape index (κ1) is 33.7. The first-order valence-corrected chi connectivity index (χ1v) is 16.9. The molecule has 4 aromatic rings. The van der Waals surface area contributed by atoms with Crippen LogP contribution in [0.2, 0.25) is 5.02 Å². The molecule has 0 saturated carbocycles. The molecule has 2 amide bonds. The van der Waals surface area contributed by atoms with Crippen LogP contribution in [0.4, 0.5) is 10.1 Å². The molecule has 1 unspecified atom stereocenters. The second-order valence-electron chi connectivity index (χ2n) is 11.3. The van der Waals surface area contributed by atoms with E-state index in [0.717, 1.165) is 22.0 Å². The van der Waals surface area contributed by atoms with E-state index in [1.165, 1.54) is 35.2 Å². The van der Waals surface area contributed by atoms with E-state index in [2.05, 4.69) is 5.32 Å². The van der Waals surface area contributed by atoms with Crippen LogP contribution < -0.4 is 19.1 Å². The van der Waals surface area contributed by atoms with Crippen molar-refractivity contribution in [1.29, 1.82) is 0 Å². The number of carbonyl (C=O) groups excluding carboxylic acids is 2. The van der Waals surface area contributed by atoms with Crippen molar-refractivity contribution in [3.05, 3.63) is 119 Å². The Bertz CT molecular complexity index is 1810. The maximum Gasteiger partial charge on any atom is 0.264 e. The predicted octanol–water partition coefficient (Wildman–Crippen LogP) is 5.61. The lowest BCUT2D eigenvalue weighted by molar-refractivity contribution is -0.140. The van der Waals surface area contributed by atoms with Gasteiger partial charge >= 0.3 is 0 Å². The topological polar surface area (TPSA) is 105 Å². The van der Waals surface area contributed by atoms with Gasteiger partial charge in [0.15, 0.2) is 11.5 Å². The Labute approximate surface area is 278 Å². The van der Waals surface area contributed by atoms with Gasteiger partial charge in [0.05, 0.1) is 10.6 Å². The van der Waals surface area contributed by atoms with Gasteiger partial charge in [-0.05, 0) is 73.5 Å². The number of hydrogen-bond donors (Lipinski definition) is 1. The summed E-state index contributed by atoms with van der Waals surface area (Å²) in [4.78, 5) is 29.5.